The summed E-state index contributed by atoms with van der Waals surface area (Å²) < 4.78 is 5.08. The molecule has 0 aliphatic rings. The zero-order valence-electron chi connectivity index (χ0n) is 12.6. The van der Waals surface area contributed by atoms with Crippen LogP contribution in [0.25, 0.3) is 0 Å². The van der Waals surface area contributed by atoms with E-state index >= 15 is 0 Å². The van der Waals surface area contributed by atoms with Gasteiger partial charge in [0.2, 0.25) is 0 Å². The van der Waals surface area contributed by atoms with Gasteiger partial charge in [-0.15, -0.1) is 0 Å². The first-order chi connectivity index (χ1) is 10.7. The molecule has 116 valence electrons. The van der Waals surface area contributed by atoms with Crippen molar-refractivity contribution in [2.45, 2.75) is 0 Å². The third-order valence-corrected chi connectivity index (χ3v) is 2.84. The molecular formula is C16H20N4O2. The summed E-state index contributed by atoms with van der Waals surface area (Å²) in [5.74, 6) is 1.02. The van der Waals surface area contributed by atoms with Crippen molar-refractivity contribution in [1.29, 1.82) is 0 Å². The molecule has 22 heavy (non-hydrogen) atoms. The van der Waals surface area contributed by atoms with Crippen molar-refractivity contribution < 1.29 is 9.53 Å². The molecule has 2 aromatic rings. The molecule has 6 heteroatoms. The van der Waals surface area contributed by atoms with Gasteiger partial charge >= 0.3 is 0 Å². The molecule has 0 saturated carbocycles. The first-order valence-electron chi connectivity index (χ1n) is 6.55. The van der Waals surface area contributed by atoms with Crippen LogP contribution in [0.5, 0.6) is 5.75 Å². The van der Waals surface area contributed by atoms with E-state index in [0.717, 1.165) is 11.3 Å². The second-order valence-electron chi connectivity index (χ2n) is 4.13. The van der Waals surface area contributed by atoms with Crippen molar-refractivity contribution in [3.63, 3.8) is 0 Å². The number of carbonyl (C=O) groups is 1. The Morgan fingerprint density at radius 2 is 1.77 bits per heavy atom. The number of para-hydroxylation sites is 1. The van der Waals surface area contributed by atoms with Gasteiger partial charge < -0.3 is 21.9 Å². The average Bonchev–Trinajstić information content (AvgIpc) is 2.58. The molecule has 0 spiro atoms. The van der Waals surface area contributed by atoms with Gasteiger partial charge in [-0.3, -0.25) is 4.79 Å². The van der Waals surface area contributed by atoms with Crippen molar-refractivity contribution in [1.82, 2.24) is 0 Å². The molecule has 0 unspecified atom stereocenters. The van der Waals surface area contributed by atoms with Crippen molar-refractivity contribution >= 4 is 23.5 Å². The Kier molecular flexibility index (Phi) is 6.59. The summed E-state index contributed by atoms with van der Waals surface area (Å²) in [7, 11) is 3.09. The summed E-state index contributed by atoms with van der Waals surface area (Å²) >= 11 is 0. The van der Waals surface area contributed by atoms with Crippen LogP contribution < -0.4 is 21.9 Å². The number of carbonyl (C=O) groups excluding carboxylic acids is 1. The van der Waals surface area contributed by atoms with Crippen molar-refractivity contribution in [3.8, 4) is 5.75 Å². The van der Waals surface area contributed by atoms with Gasteiger partial charge in [0.25, 0.3) is 0 Å². The van der Waals surface area contributed by atoms with Crippen LogP contribution in [0, 0.1) is 0 Å². The third kappa shape index (κ3) is 4.07. The van der Waals surface area contributed by atoms with Crippen LogP contribution in [-0.2, 0) is 0 Å². The Labute approximate surface area is 129 Å². The van der Waals surface area contributed by atoms with Gasteiger partial charge in [0.05, 0.1) is 18.5 Å². The highest BCUT2D eigenvalue weighted by molar-refractivity contribution is 6.01. The molecule has 0 amide bonds. The van der Waals surface area contributed by atoms with Gasteiger partial charge in [0, 0.05) is 11.1 Å². The van der Waals surface area contributed by atoms with Gasteiger partial charge in [0.15, 0.2) is 6.29 Å². The van der Waals surface area contributed by atoms with Gasteiger partial charge in [-0.05, 0) is 43.4 Å². The molecule has 0 aliphatic heterocycles. The molecule has 0 bridgehead atoms. The van der Waals surface area contributed by atoms with E-state index in [1.54, 1.807) is 49.6 Å². The number of amidine groups is 1. The second kappa shape index (κ2) is 8.43. The molecule has 6 nitrogen and oxygen atoms in total. The molecule has 0 aromatic heterocycles. The standard InChI is InChI=1S/C15H15N3O2.CH5N/c1-20-12-7-5-10(6-8-12)15(17)18-14-11(9-19)3-2-4-13(14)16;1-2/h2-9H,16H2,1H3,(H2,17,18);2H2,1H3. The van der Waals surface area contributed by atoms with E-state index < -0.39 is 0 Å². The highest BCUT2D eigenvalue weighted by Crippen LogP contribution is 2.26. The summed E-state index contributed by atoms with van der Waals surface area (Å²) in [5, 5.41) is 0. The second-order valence-corrected chi connectivity index (χ2v) is 4.13. The number of ether oxygens (including phenoxy) is 1. The summed E-state index contributed by atoms with van der Waals surface area (Å²) in [6.07, 6.45) is 0.705. The normalized spacial score (nSPS) is 10.4. The number of nitrogens with two attached hydrogens (primary N) is 3. The number of aldehydes is 1. The quantitative estimate of drug-likeness (QED) is 0.344. The van der Waals surface area contributed by atoms with Gasteiger partial charge in [-0.2, -0.15) is 0 Å². The highest BCUT2D eigenvalue weighted by Gasteiger charge is 2.06. The summed E-state index contributed by atoms with van der Waals surface area (Å²) in [4.78, 5) is 15.3. The largest absolute Gasteiger partial charge is 0.497 e. The fourth-order valence-corrected chi connectivity index (χ4v) is 1.75. The van der Waals surface area contributed by atoms with Crippen LogP contribution in [0.15, 0.2) is 47.5 Å². The van der Waals surface area contributed by atoms with Gasteiger partial charge in [-0.25, -0.2) is 4.99 Å². The highest BCUT2D eigenvalue weighted by atomic mass is 16.5. The van der Waals surface area contributed by atoms with E-state index in [0.29, 0.717) is 23.2 Å². The van der Waals surface area contributed by atoms with Crippen LogP contribution in [0.2, 0.25) is 0 Å². The molecule has 0 heterocycles. The summed E-state index contributed by atoms with van der Waals surface area (Å²) in [6, 6.07) is 12.2. The topological polar surface area (TPSA) is 117 Å². The number of methoxy groups -OCH3 is 1. The van der Waals surface area contributed by atoms with E-state index in [1.807, 2.05) is 0 Å². The molecular weight excluding hydrogens is 280 g/mol. The van der Waals surface area contributed by atoms with E-state index in [1.165, 1.54) is 7.05 Å². The lowest BCUT2D eigenvalue weighted by atomic mass is 10.1. The van der Waals surface area contributed by atoms with Crippen molar-refractivity contribution in [2.24, 2.45) is 16.5 Å². The first-order valence-corrected chi connectivity index (χ1v) is 6.55. The van der Waals surface area contributed by atoms with Crippen LogP contribution in [0.1, 0.15) is 15.9 Å². The maximum atomic E-state index is 11.0. The number of anilines is 1. The van der Waals surface area contributed by atoms with Crippen LogP contribution in [0.3, 0.4) is 0 Å². The first kappa shape index (κ1) is 17.2. The lowest BCUT2D eigenvalue weighted by Crippen LogP contribution is -2.13. The number of nitrogen functional groups attached to an aromatic ring is 1. The van der Waals surface area contributed by atoms with E-state index in [4.69, 9.17) is 16.2 Å². The minimum Gasteiger partial charge on any atom is -0.497 e. The predicted octanol–water partition coefficient (Wildman–Crippen LogP) is 1.70. The fourth-order valence-electron chi connectivity index (χ4n) is 1.75. The zero-order valence-corrected chi connectivity index (χ0v) is 12.6. The van der Waals surface area contributed by atoms with E-state index in [9.17, 15) is 4.79 Å². The number of rotatable bonds is 4. The van der Waals surface area contributed by atoms with Crippen LogP contribution in [-0.4, -0.2) is 26.3 Å². The Balaban J connectivity index is 0.00000116. The Morgan fingerprint density at radius 1 is 1.14 bits per heavy atom. The third-order valence-electron chi connectivity index (χ3n) is 2.84. The molecule has 2 aromatic carbocycles. The fraction of sp³-hybridized carbons (Fsp3) is 0.125. The van der Waals surface area contributed by atoms with E-state index in [-0.39, 0.29) is 5.84 Å². The number of aliphatic imine (C=N–C) groups is 1. The molecule has 6 N–H and O–H groups in total. The lowest BCUT2D eigenvalue weighted by Gasteiger charge is -2.06. The molecule has 2 rings (SSSR count). The average molecular weight is 300 g/mol. The maximum absolute atomic E-state index is 11.0. The van der Waals surface area contributed by atoms with Crippen LogP contribution >= 0.6 is 0 Å². The predicted molar refractivity (Wildman–Crippen MR) is 89.7 cm³/mol. The molecule has 0 aliphatic carbocycles. The Hall–Kier alpha value is -2.86. The van der Waals surface area contributed by atoms with Crippen molar-refractivity contribution in [3.05, 3.63) is 53.6 Å². The number of nitrogens with zero attached hydrogens (tertiary/aromatic N) is 1. The number of hydrogen-bond acceptors (Lipinski definition) is 5. The smallest absolute Gasteiger partial charge is 0.152 e. The number of hydrogen-bond donors (Lipinski definition) is 3. The van der Waals surface area contributed by atoms with Gasteiger partial charge in [-0.1, -0.05) is 6.07 Å². The van der Waals surface area contributed by atoms with E-state index in [2.05, 4.69) is 10.7 Å². The zero-order chi connectivity index (χ0) is 16.5. The number of benzene rings is 2. The summed E-state index contributed by atoms with van der Waals surface area (Å²) in [6.45, 7) is 0. The van der Waals surface area contributed by atoms with Gasteiger partial charge in [0.1, 0.15) is 11.6 Å². The minimum absolute atomic E-state index is 0.286. The Morgan fingerprint density at radius 3 is 2.32 bits per heavy atom. The molecule has 0 radical (unpaired) electrons. The lowest BCUT2D eigenvalue weighted by molar-refractivity contribution is 0.112. The SMILES string of the molecule is CN.COc1ccc(C(N)=Nc2c(N)cccc2C=O)cc1. The maximum Gasteiger partial charge on any atom is 0.152 e. The van der Waals surface area contributed by atoms with Crippen LogP contribution in [0.4, 0.5) is 11.4 Å². The Bertz CT molecular complexity index is 652. The monoisotopic (exact) mass is 300 g/mol. The van der Waals surface area contributed by atoms with Crippen molar-refractivity contribution in [2.75, 3.05) is 19.9 Å². The molecule has 0 fully saturated rings. The summed E-state index contributed by atoms with van der Waals surface area (Å²) in [5.41, 5.74) is 18.2. The molecule has 0 atom stereocenters. The molecule has 0 saturated heterocycles. The minimum atomic E-state index is 0.286.